The molecule has 0 bridgehead atoms. The van der Waals surface area contributed by atoms with E-state index in [4.69, 9.17) is 4.74 Å². The summed E-state index contributed by atoms with van der Waals surface area (Å²) in [5, 5.41) is 0.0161. The molecule has 1 aliphatic heterocycles. The largest absolute Gasteiger partial charge is 0.453 e. The highest BCUT2D eigenvalue weighted by Crippen LogP contribution is 2.37. The van der Waals surface area contributed by atoms with Gasteiger partial charge >= 0.3 is 0 Å². The number of imidazole rings is 1. The van der Waals surface area contributed by atoms with Gasteiger partial charge in [-0.15, -0.1) is 0 Å². The lowest BCUT2D eigenvalue weighted by Gasteiger charge is -2.21. The number of aromatic nitrogens is 4. The highest BCUT2D eigenvalue weighted by molar-refractivity contribution is 7.90. The molecule has 1 aliphatic rings. The Bertz CT molecular complexity index is 1330. The van der Waals surface area contributed by atoms with Crippen molar-refractivity contribution in [3.05, 3.63) is 54.9 Å². The first-order valence-corrected chi connectivity index (χ1v) is 11.9. The van der Waals surface area contributed by atoms with E-state index < -0.39 is 9.84 Å². The summed E-state index contributed by atoms with van der Waals surface area (Å²) in [5.41, 5.74) is 3.40. The summed E-state index contributed by atoms with van der Waals surface area (Å²) in [4.78, 5) is 18.7. The number of rotatable bonds is 5. The standard InChI is InChI=1S/C22H21N5O3S/c1-31(28,29)21-8-7-15(14-24-21)30-20-13-18-17(12-19(20)27-10-4-5-11-27)25-22(26-18)16-6-2-3-9-23-16/h2-3,6-9,12-14H,4-5,10-11H2,1H3,(H,25,26). The van der Waals surface area contributed by atoms with E-state index >= 15 is 0 Å². The second kappa shape index (κ2) is 7.66. The fourth-order valence-electron chi connectivity index (χ4n) is 3.71. The molecule has 0 saturated carbocycles. The Balaban J connectivity index is 1.55. The van der Waals surface area contributed by atoms with Gasteiger partial charge in [-0.25, -0.2) is 18.4 Å². The van der Waals surface area contributed by atoms with Gasteiger partial charge in [0, 0.05) is 31.6 Å². The normalized spacial score (nSPS) is 14.3. The van der Waals surface area contributed by atoms with Crippen LogP contribution in [0, 0.1) is 0 Å². The van der Waals surface area contributed by atoms with Crippen LogP contribution in [0.4, 0.5) is 5.69 Å². The van der Waals surface area contributed by atoms with Crippen LogP contribution in [0.1, 0.15) is 12.8 Å². The van der Waals surface area contributed by atoms with Crippen LogP contribution >= 0.6 is 0 Å². The monoisotopic (exact) mass is 435 g/mol. The Hall–Kier alpha value is -3.46. The van der Waals surface area contributed by atoms with Crippen LogP contribution in [0.5, 0.6) is 11.5 Å². The third kappa shape index (κ3) is 3.96. The van der Waals surface area contributed by atoms with Gasteiger partial charge in [-0.1, -0.05) is 6.07 Å². The fraction of sp³-hybridized carbons (Fsp3) is 0.227. The summed E-state index contributed by atoms with van der Waals surface area (Å²) in [6, 6.07) is 12.7. The molecule has 4 heterocycles. The molecule has 1 N–H and O–H groups in total. The van der Waals surface area contributed by atoms with Gasteiger partial charge < -0.3 is 14.6 Å². The Labute approximate surface area is 179 Å². The number of sulfone groups is 1. The molecular formula is C22H21N5O3S. The molecule has 1 aromatic carbocycles. The molecule has 8 nitrogen and oxygen atoms in total. The van der Waals surface area contributed by atoms with Gasteiger partial charge in [0.2, 0.25) is 0 Å². The molecule has 1 fully saturated rings. The smallest absolute Gasteiger partial charge is 0.192 e. The van der Waals surface area contributed by atoms with E-state index in [9.17, 15) is 8.42 Å². The number of ether oxygens (including phenoxy) is 1. The zero-order valence-electron chi connectivity index (χ0n) is 16.9. The lowest BCUT2D eigenvalue weighted by molar-refractivity contribution is 0.479. The third-order valence-electron chi connectivity index (χ3n) is 5.23. The minimum Gasteiger partial charge on any atom is -0.453 e. The summed E-state index contributed by atoms with van der Waals surface area (Å²) in [5.74, 6) is 1.81. The lowest BCUT2D eigenvalue weighted by atomic mass is 10.2. The van der Waals surface area contributed by atoms with Gasteiger partial charge in [0.05, 0.1) is 22.9 Å². The van der Waals surface area contributed by atoms with Gasteiger partial charge in [0.1, 0.15) is 11.4 Å². The van der Waals surface area contributed by atoms with E-state index in [2.05, 4.69) is 24.8 Å². The molecule has 9 heteroatoms. The first-order valence-electron chi connectivity index (χ1n) is 10.0. The van der Waals surface area contributed by atoms with E-state index in [0.717, 1.165) is 54.6 Å². The van der Waals surface area contributed by atoms with E-state index in [0.29, 0.717) is 17.3 Å². The second-order valence-corrected chi connectivity index (χ2v) is 9.50. The van der Waals surface area contributed by atoms with E-state index in [1.807, 2.05) is 30.3 Å². The van der Waals surface area contributed by atoms with E-state index in [1.54, 1.807) is 12.3 Å². The molecule has 0 unspecified atom stereocenters. The molecule has 0 amide bonds. The minimum atomic E-state index is -3.36. The number of anilines is 1. The van der Waals surface area contributed by atoms with Gasteiger partial charge in [-0.05, 0) is 43.2 Å². The van der Waals surface area contributed by atoms with E-state index in [1.165, 1.54) is 12.3 Å². The Kier molecular flexibility index (Phi) is 4.82. The molecule has 5 rings (SSSR count). The zero-order chi connectivity index (χ0) is 21.4. The Morgan fingerprint density at radius 2 is 1.90 bits per heavy atom. The molecular weight excluding hydrogens is 414 g/mol. The van der Waals surface area contributed by atoms with Crippen molar-refractivity contribution in [1.29, 1.82) is 0 Å². The number of aromatic amines is 1. The average Bonchev–Trinajstić information content (AvgIpc) is 3.43. The number of fused-ring (bicyclic) bond motifs is 1. The number of H-pyrrole nitrogens is 1. The molecule has 0 aliphatic carbocycles. The quantitative estimate of drug-likeness (QED) is 0.508. The predicted molar refractivity (Wildman–Crippen MR) is 118 cm³/mol. The summed E-state index contributed by atoms with van der Waals surface area (Å²) in [6.45, 7) is 1.91. The third-order valence-corrected chi connectivity index (χ3v) is 6.24. The van der Waals surface area contributed by atoms with Crippen LogP contribution in [-0.2, 0) is 9.84 Å². The first-order chi connectivity index (χ1) is 15.0. The summed E-state index contributed by atoms with van der Waals surface area (Å²) < 4.78 is 29.5. The number of hydrogen-bond acceptors (Lipinski definition) is 7. The number of nitrogens with zero attached hydrogens (tertiary/aromatic N) is 4. The zero-order valence-corrected chi connectivity index (χ0v) is 17.8. The summed E-state index contributed by atoms with van der Waals surface area (Å²) in [6.07, 6.45) is 6.55. The van der Waals surface area contributed by atoms with Crippen LogP contribution in [0.2, 0.25) is 0 Å². The molecule has 0 radical (unpaired) electrons. The number of benzene rings is 1. The van der Waals surface area contributed by atoms with Crippen LogP contribution < -0.4 is 9.64 Å². The lowest BCUT2D eigenvalue weighted by Crippen LogP contribution is -2.18. The van der Waals surface area contributed by atoms with Crippen molar-refractivity contribution in [3.63, 3.8) is 0 Å². The van der Waals surface area contributed by atoms with Gasteiger partial charge in [0.25, 0.3) is 0 Å². The van der Waals surface area contributed by atoms with Crippen molar-refractivity contribution in [2.24, 2.45) is 0 Å². The fourth-order valence-corrected chi connectivity index (χ4v) is 4.27. The van der Waals surface area contributed by atoms with Gasteiger partial charge in [-0.3, -0.25) is 4.98 Å². The van der Waals surface area contributed by atoms with Crippen molar-refractivity contribution < 1.29 is 13.2 Å². The average molecular weight is 436 g/mol. The van der Waals surface area contributed by atoms with Crippen LogP contribution in [0.3, 0.4) is 0 Å². The van der Waals surface area contributed by atoms with Crippen LogP contribution in [0.15, 0.2) is 59.9 Å². The number of hydrogen-bond donors (Lipinski definition) is 1. The number of pyridine rings is 2. The second-order valence-electron chi connectivity index (χ2n) is 7.54. The van der Waals surface area contributed by atoms with Crippen LogP contribution in [-0.4, -0.2) is 47.7 Å². The maximum atomic E-state index is 11.7. The number of nitrogens with one attached hydrogen (secondary N) is 1. The first kappa shape index (κ1) is 19.5. The van der Waals surface area contributed by atoms with Gasteiger partial charge in [-0.2, -0.15) is 0 Å². The topological polar surface area (TPSA) is 101 Å². The molecule has 4 aromatic rings. The maximum absolute atomic E-state index is 11.7. The Morgan fingerprint density at radius 3 is 2.58 bits per heavy atom. The van der Waals surface area contributed by atoms with Crippen molar-refractivity contribution in [2.75, 3.05) is 24.2 Å². The maximum Gasteiger partial charge on any atom is 0.192 e. The Morgan fingerprint density at radius 1 is 1.06 bits per heavy atom. The molecule has 0 spiro atoms. The highest BCUT2D eigenvalue weighted by atomic mass is 32.2. The van der Waals surface area contributed by atoms with Crippen molar-refractivity contribution in [3.8, 4) is 23.0 Å². The van der Waals surface area contributed by atoms with E-state index in [-0.39, 0.29) is 5.03 Å². The highest BCUT2D eigenvalue weighted by Gasteiger charge is 2.20. The van der Waals surface area contributed by atoms with Gasteiger partial charge in [0.15, 0.2) is 26.4 Å². The molecule has 158 valence electrons. The summed E-state index contributed by atoms with van der Waals surface area (Å²) >= 11 is 0. The van der Waals surface area contributed by atoms with Crippen molar-refractivity contribution in [2.45, 2.75) is 17.9 Å². The molecule has 1 saturated heterocycles. The van der Waals surface area contributed by atoms with Crippen molar-refractivity contribution in [1.82, 2.24) is 19.9 Å². The predicted octanol–water partition coefficient (Wildman–Crippen LogP) is 3.82. The van der Waals surface area contributed by atoms with Crippen molar-refractivity contribution >= 4 is 26.6 Å². The van der Waals surface area contributed by atoms with Crippen LogP contribution in [0.25, 0.3) is 22.6 Å². The molecule has 31 heavy (non-hydrogen) atoms. The molecule has 3 aromatic heterocycles. The minimum absolute atomic E-state index is 0.0161. The molecule has 0 atom stereocenters. The SMILES string of the molecule is CS(=O)(=O)c1ccc(Oc2cc3nc(-c4ccccn4)[nH]c3cc2N2CCCC2)cn1. The summed E-state index contributed by atoms with van der Waals surface area (Å²) in [7, 11) is -3.36.